The molecule has 0 saturated carbocycles. The van der Waals surface area contributed by atoms with Crippen LogP contribution in [0.4, 0.5) is 0 Å². The van der Waals surface area contributed by atoms with E-state index in [0.717, 1.165) is 21.9 Å². The van der Waals surface area contributed by atoms with E-state index in [1.165, 1.54) is 121 Å². The van der Waals surface area contributed by atoms with E-state index in [-0.39, 0.29) is 0 Å². The van der Waals surface area contributed by atoms with Crippen molar-refractivity contribution in [2.24, 2.45) is 0 Å². The lowest BCUT2D eigenvalue weighted by Gasteiger charge is -2.27. The molecule has 0 atom stereocenters. The Morgan fingerprint density at radius 3 is 1.38 bits per heavy atom. The van der Waals surface area contributed by atoms with Crippen molar-refractivity contribution in [3.63, 3.8) is 0 Å². The zero-order valence-corrected chi connectivity index (χ0v) is 33.0. The monoisotopic (exact) mass is 708 g/mol. The fourth-order valence-corrected chi connectivity index (χ4v) is 9.61. The van der Waals surface area contributed by atoms with E-state index in [1.807, 2.05) is 12.1 Å². The van der Waals surface area contributed by atoms with Gasteiger partial charge < -0.3 is 4.42 Å². The van der Waals surface area contributed by atoms with Crippen LogP contribution in [0.2, 0.25) is 0 Å². The minimum atomic E-state index is 0.924. The summed E-state index contributed by atoms with van der Waals surface area (Å²) in [5, 5.41) is 12.9. The zero-order chi connectivity index (χ0) is 37.9. The summed E-state index contributed by atoms with van der Waals surface area (Å²) in [6.45, 7) is 18.6. The van der Waals surface area contributed by atoms with E-state index in [2.05, 4.69) is 165 Å². The highest BCUT2D eigenvalue weighted by Gasteiger charge is 2.26. The molecule has 1 aromatic heterocycles. The van der Waals surface area contributed by atoms with Crippen molar-refractivity contribution in [1.82, 2.24) is 0 Å². The van der Waals surface area contributed by atoms with Gasteiger partial charge in [-0.1, -0.05) is 97.1 Å². The lowest BCUT2D eigenvalue weighted by molar-refractivity contribution is 0.669. The third-order valence-electron chi connectivity index (χ3n) is 13.3. The normalized spacial score (nSPS) is 12.0. The van der Waals surface area contributed by atoms with Gasteiger partial charge in [0.2, 0.25) is 0 Å². The van der Waals surface area contributed by atoms with Crippen LogP contribution in [0.5, 0.6) is 0 Å². The number of rotatable bonds is 3. The van der Waals surface area contributed by atoms with Gasteiger partial charge in [0.15, 0.2) is 0 Å². The van der Waals surface area contributed by atoms with Crippen molar-refractivity contribution in [1.29, 1.82) is 0 Å². The summed E-state index contributed by atoms with van der Waals surface area (Å²) < 4.78 is 6.16. The molecule has 0 unspecified atom stereocenters. The average Bonchev–Trinajstić information content (AvgIpc) is 3.60. The number of fused-ring (bicyclic) bond motifs is 8. The molecule has 0 aliphatic carbocycles. The third kappa shape index (κ3) is 4.79. The Morgan fingerprint density at radius 1 is 0.291 bits per heavy atom. The Bertz CT molecular complexity index is 3180. The van der Waals surface area contributed by atoms with Crippen molar-refractivity contribution >= 4 is 65.0 Å². The van der Waals surface area contributed by atoms with Crippen LogP contribution in [0, 0.1) is 55.4 Å². The Kier molecular flexibility index (Phi) is 7.39. The Balaban J connectivity index is 1.28. The molecule has 1 nitrogen and oxygen atoms in total. The van der Waals surface area contributed by atoms with E-state index in [0.29, 0.717) is 0 Å². The number of para-hydroxylation sites is 1. The van der Waals surface area contributed by atoms with Crippen molar-refractivity contribution in [2.45, 2.75) is 55.4 Å². The first-order chi connectivity index (χ1) is 26.6. The molecule has 0 radical (unpaired) electrons. The third-order valence-corrected chi connectivity index (χ3v) is 13.3. The van der Waals surface area contributed by atoms with Gasteiger partial charge in [0.05, 0.1) is 0 Å². The summed E-state index contributed by atoms with van der Waals surface area (Å²) >= 11 is 0. The first-order valence-electron chi connectivity index (χ1n) is 19.5. The largest absolute Gasteiger partial charge is 0.456 e. The standard InChI is InChI=1S/C54H44O/c1-29-31(3)35(7)51-49(33(29)5)53(39-20-17-37(18-21-39)40-24-26-48-46(28-40)45-15-11-12-16-47(45)55-48)50-34(6)30(2)32(4)36(8)52(50)54(51)42-23-25-44-41(27-42)22-19-38-13-9-10-14-43(38)44/h9-28H,1-8H3. The maximum absolute atomic E-state index is 6.16. The molecule has 10 aromatic rings. The molecule has 0 fully saturated rings. The van der Waals surface area contributed by atoms with E-state index >= 15 is 0 Å². The minimum Gasteiger partial charge on any atom is -0.456 e. The summed E-state index contributed by atoms with van der Waals surface area (Å²) in [4.78, 5) is 0. The van der Waals surface area contributed by atoms with Gasteiger partial charge >= 0.3 is 0 Å². The molecule has 1 heteroatoms. The van der Waals surface area contributed by atoms with Gasteiger partial charge in [-0.25, -0.2) is 0 Å². The van der Waals surface area contributed by atoms with E-state index in [9.17, 15) is 0 Å². The van der Waals surface area contributed by atoms with E-state index in [4.69, 9.17) is 4.42 Å². The second-order valence-electron chi connectivity index (χ2n) is 15.9. The second kappa shape index (κ2) is 12.2. The maximum atomic E-state index is 6.16. The van der Waals surface area contributed by atoms with Crippen LogP contribution in [-0.2, 0) is 0 Å². The summed E-state index contributed by atoms with van der Waals surface area (Å²) in [7, 11) is 0. The fourth-order valence-electron chi connectivity index (χ4n) is 9.61. The van der Waals surface area contributed by atoms with Gasteiger partial charge in [-0.2, -0.15) is 0 Å². The Morgan fingerprint density at radius 2 is 0.745 bits per heavy atom. The van der Waals surface area contributed by atoms with Gasteiger partial charge in [-0.05, 0) is 201 Å². The highest BCUT2D eigenvalue weighted by Crippen LogP contribution is 2.51. The number of benzene rings is 9. The quantitative estimate of drug-likeness (QED) is 0.132. The number of hydrogen-bond donors (Lipinski definition) is 0. The van der Waals surface area contributed by atoms with Crippen LogP contribution in [0.25, 0.3) is 98.4 Å². The van der Waals surface area contributed by atoms with Crippen LogP contribution in [-0.4, -0.2) is 0 Å². The first-order valence-corrected chi connectivity index (χ1v) is 19.5. The minimum absolute atomic E-state index is 0.924. The molecule has 10 rings (SSSR count). The number of hydrogen-bond acceptors (Lipinski definition) is 1. The van der Waals surface area contributed by atoms with Gasteiger partial charge in [0, 0.05) is 10.8 Å². The summed E-state index contributed by atoms with van der Waals surface area (Å²) in [5.41, 5.74) is 20.4. The number of aryl methyl sites for hydroxylation is 4. The molecular formula is C54H44O. The Hall–Kier alpha value is -6.18. The molecule has 0 aliphatic heterocycles. The predicted molar refractivity (Wildman–Crippen MR) is 238 cm³/mol. The smallest absolute Gasteiger partial charge is 0.135 e. The van der Waals surface area contributed by atoms with Crippen molar-refractivity contribution in [2.75, 3.05) is 0 Å². The van der Waals surface area contributed by atoms with Crippen LogP contribution in [0.1, 0.15) is 44.5 Å². The number of furan rings is 1. The molecule has 0 N–H and O–H groups in total. The predicted octanol–water partition coefficient (Wildman–Crippen LogP) is 15.7. The van der Waals surface area contributed by atoms with E-state index < -0.39 is 0 Å². The highest BCUT2D eigenvalue weighted by molar-refractivity contribution is 6.26. The van der Waals surface area contributed by atoms with E-state index in [1.54, 1.807) is 0 Å². The average molecular weight is 709 g/mol. The molecule has 55 heavy (non-hydrogen) atoms. The summed E-state index contributed by atoms with van der Waals surface area (Å²) in [5.74, 6) is 0. The Labute approximate surface area is 322 Å². The molecule has 0 amide bonds. The van der Waals surface area contributed by atoms with Crippen molar-refractivity contribution < 1.29 is 4.42 Å². The molecular weight excluding hydrogens is 665 g/mol. The zero-order valence-electron chi connectivity index (χ0n) is 33.0. The van der Waals surface area contributed by atoms with Gasteiger partial charge in [0.25, 0.3) is 0 Å². The second-order valence-corrected chi connectivity index (χ2v) is 15.9. The van der Waals surface area contributed by atoms with Crippen molar-refractivity contribution in [3.05, 3.63) is 166 Å². The molecule has 9 aromatic carbocycles. The maximum Gasteiger partial charge on any atom is 0.135 e. The van der Waals surface area contributed by atoms with Gasteiger partial charge in [0.1, 0.15) is 11.2 Å². The molecule has 266 valence electrons. The SMILES string of the molecule is Cc1c(C)c(C)c2c(-c3ccc4c(ccc5ccccc54)c3)c3c(C)c(C)c(C)c(C)c3c(-c3ccc(-c4ccc5oc6ccccc6c5c4)cc3)c2c1C. The van der Waals surface area contributed by atoms with Gasteiger partial charge in [-0.15, -0.1) is 0 Å². The van der Waals surface area contributed by atoms with Gasteiger partial charge in [-0.3, -0.25) is 0 Å². The first kappa shape index (κ1) is 33.4. The highest BCUT2D eigenvalue weighted by atomic mass is 16.3. The molecule has 0 aliphatic rings. The molecule has 0 spiro atoms. The summed E-state index contributed by atoms with van der Waals surface area (Å²) in [6, 6.07) is 44.7. The summed E-state index contributed by atoms with van der Waals surface area (Å²) in [6.07, 6.45) is 0. The van der Waals surface area contributed by atoms with Crippen LogP contribution >= 0.6 is 0 Å². The van der Waals surface area contributed by atoms with Crippen molar-refractivity contribution in [3.8, 4) is 33.4 Å². The van der Waals surface area contributed by atoms with Crippen LogP contribution in [0.3, 0.4) is 0 Å². The van der Waals surface area contributed by atoms with Crippen LogP contribution < -0.4 is 0 Å². The topological polar surface area (TPSA) is 13.1 Å². The lowest BCUT2D eigenvalue weighted by Crippen LogP contribution is -2.03. The lowest BCUT2D eigenvalue weighted by atomic mass is 9.76. The molecule has 0 bridgehead atoms. The van der Waals surface area contributed by atoms with Crippen LogP contribution in [0.15, 0.2) is 126 Å². The molecule has 1 heterocycles. The fraction of sp³-hybridized carbons (Fsp3) is 0.148. The molecule has 0 saturated heterocycles.